The van der Waals surface area contributed by atoms with Crippen LogP contribution in [0.3, 0.4) is 0 Å². The number of carboxylic acid groups (broad SMARTS) is 1. The average molecular weight is 392 g/mol. The molecule has 4 atom stereocenters. The smallest absolute Gasteiger partial charge is 0.303 e. The predicted octanol–water partition coefficient (Wildman–Crippen LogP) is 3.05. The molecule has 0 amide bonds. The maximum atomic E-state index is 14.5. The molecule has 3 heterocycles. The first kappa shape index (κ1) is 18.1. The number of carbonyl (C=O) groups is 1. The van der Waals surface area contributed by atoms with Gasteiger partial charge < -0.3 is 14.9 Å². The Balaban J connectivity index is 1.46. The molecule has 0 spiro atoms. The molecule has 5 rings (SSSR count). The minimum Gasteiger partial charge on any atom is -0.481 e. The molecule has 152 valence electrons. The van der Waals surface area contributed by atoms with E-state index in [-0.39, 0.29) is 30.5 Å². The van der Waals surface area contributed by atoms with Crippen molar-refractivity contribution in [1.82, 2.24) is 9.97 Å². The van der Waals surface area contributed by atoms with Gasteiger partial charge in [-0.3, -0.25) is 4.79 Å². The number of rotatable bonds is 4. The number of hydrogen-bond acceptors (Lipinski definition) is 5. The lowest BCUT2D eigenvalue weighted by molar-refractivity contribution is -0.137. The van der Waals surface area contributed by atoms with Gasteiger partial charge in [0.2, 0.25) is 5.95 Å². The summed E-state index contributed by atoms with van der Waals surface area (Å²) in [6.07, 6.45) is 3.51. The van der Waals surface area contributed by atoms with Gasteiger partial charge in [-0.25, -0.2) is 4.98 Å². The summed E-state index contributed by atoms with van der Waals surface area (Å²) in [5.74, 6) is -1.63. The summed E-state index contributed by atoms with van der Waals surface area (Å²) >= 11 is 0. The third kappa shape index (κ3) is 2.83. The van der Waals surface area contributed by atoms with Crippen LogP contribution in [0.15, 0.2) is 0 Å². The summed E-state index contributed by atoms with van der Waals surface area (Å²) in [4.78, 5) is 24.3. The first-order chi connectivity index (χ1) is 13.3. The first-order valence-electron chi connectivity index (χ1n) is 10.4. The fourth-order valence-electron chi connectivity index (χ4n) is 5.51. The van der Waals surface area contributed by atoms with Crippen molar-refractivity contribution >= 4 is 17.7 Å². The van der Waals surface area contributed by atoms with E-state index < -0.39 is 11.9 Å². The zero-order chi connectivity index (χ0) is 19.6. The van der Waals surface area contributed by atoms with Gasteiger partial charge in [0, 0.05) is 44.1 Å². The highest BCUT2D eigenvalue weighted by molar-refractivity contribution is 5.68. The Morgan fingerprint density at radius 3 is 2.68 bits per heavy atom. The summed E-state index contributed by atoms with van der Waals surface area (Å²) < 4.78 is 29.1. The number of nitrogens with zero attached hydrogens (tertiary/aromatic N) is 4. The number of anilines is 2. The van der Waals surface area contributed by atoms with Crippen LogP contribution in [0.5, 0.6) is 0 Å². The standard InChI is InChI=1S/C20H26F2N4O2/c1-11-4-2-3-7-26(11)19-23-17-12(5-6-20(17,21)22)18(24-19)25-9-14-13(8-16(27)28)15(14)10-25/h11,13-15H,2-10H2,1H3,(H,27,28)/t11-,13-,14+,15-/m1/s1. The number of halogens is 2. The molecule has 1 aromatic rings. The third-order valence-corrected chi connectivity index (χ3v) is 7.15. The Labute approximate surface area is 162 Å². The quantitative estimate of drug-likeness (QED) is 0.849. The Bertz CT molecular complexity index is 806. The van der Waals surface area contributed by atoms with E-state index >= 15 is 0 Å². The highest BCUT2D eigenvalue weighted by Crippen LogP contribution is 2.55. The Morgan fingerprint density at radius 2 is 2.00 bits per heavy atom. The lowest BCUT2D eigenvalue weighted by atomic mass is 10.0. The normalized spacial score (nSPS) is 33.0. The van der Waals surface area contributed by atoms with Crippen molar-refractivity contribution in [1.29, 1.82) is 0 Å². The van der Waals surface area contributed by atoms with Crippen molar-refractivity contribution in [3.8, 4) is 0 Å². The third-order valence-electron chi connectivity index (χ3n) is 7.15. The molecule has 2 saturated heterocycles. The van der Waals surface area contributed by atoms with Gasteiger partial charge in [-0.05, 0) is 50.4 Å². The summed E-state index contributed by atoms with van der Waals surface area (Å²) in [6, 6.07) is 0.251. The van der Waals surface area contributed by atoms with Crippen LogP contribution in [0.2, 0.25) is 0 Å². The summed E-state index contributed by atoms with van der Waals surface area (Å²) in [7, 11) is 0. The SMILES string of the molecule is C[C@@H]1CCCCN1c1nc(N2C[C@@H]3[C@H](CC(=O)O)[C@@H]3C2)c2c(n1)C(F)(F)CC2. The molecule has 4 aliphatic rings. The largest absolute Gasteiger partial charge is 0.481 e. The highest BCUT2D eigenvalue weighted by atomic mass is 19.3. The monoisotopic (exact) mass is 392 g/mol. The molecule has 1 aromatic heterocycles. The van der Waals surface area contributed by atoms with Crippen LogP contribution < -0.4 is 9.80 Å². The lowest BCUT2D eigenvalue weighted by Gasteiger charge is -2.34. The van der Waals surface area contributed by atoms with E-state index in [9.17, 15) is 13.6 Å². The second-order valence-corrected chi connectivity index (χ2v) is 8.91. The van der Waals surface area contributed by atoms with E-state index in [0.717, 1.165) is 25.8 Å². The molecule has 28 heavy (non-hydrogen) atoms. The molecule has 1 saturated carbocycles. The number of carboxylic acids is 1. The second-order valence-electron chi connectivity index (χ2n) is 8.91. The van der Waals surface area contributed by atoms with Crippen molar-refractivity contribution in [3.05, 3.63) is 11.3 Å². The number of fused-ring (bicyclic) bond motifs is 2. The van der Waals surface area contributed by atoms with E-state index in [4.69, 9.17) is 10.1 Å². The summed E-state index contributed by atoms with van der Waals surface area (Å²) in [5, 5.41) is 9.03. The number of aliphatic carboxylic acids is 1. The zero-order valence-corrected chi connectivity index (χ0v) is 16.1. The molecule has 0 radical (unpaired) electrons. The Kier molecular flexibility index (Phi) is 4.04. The topological polar surface area (TPSA) is 69.6 Å². The van der Waals surface area contributed by atoms with Crippen molar-refractivity contribution in [2.24, 2.45) is 17.8 Å². The number of aromatic nitrogens is 2. The van der Waals surface area contributed by atoms with Gasteiger partial charge in [0.25, 0.3) is 5.92 Å². The van der Waals surface area contributed by atoms with Gasteiger partial charge >= 0.3 is 5.97 Å². The summed E-state index contributed by atoms with van der Waals surface area (Å²) in [5.41, 5.74) is 0.502. The van der Waals surface area contributed by atoms with Crippen LogP contribution in [-0.4, -0.2) is 46.7 Å². The number of hydrogen-bond donors (Lipinski definition) is 1. The van der Waals surface area contributed by atoms with Crippen molar-refractivity contribution in [2.75, 3.05) is 29.4 Å². The molecule has 0 unspecified atom stereocenters. The van der Waals surface area contributed by atoms with Crippen LogP contribution in [0.1, 0.15) is 50.3 Å². The average Bonchev–Trinajstić information content (AvgIpc) is 2.99. The number of alkyl halides is 2. The van der Waals surface area contributed by atoms with Gasteiger partial charge in [-0.2, -0.15) is 13.8 Å². The van der Waals surface area contributed by atoms with Gasteiger partial charge in [0.15, 0.2) is 0 Å². The molecule has 1 N–H and O–H groups in total. The van der Waals surface area contributed by atoms with E-state index in [2.05, 4.69) is 21.7 Å². The van der Waals surface area contributed by atoms with Crippen LogP contribution in [-0.2, 0) is 17.1 Å². The molecule has 0 bridgehead atoms. The molecule has 8 heteroatoms. The van der Waals surface area contributed by atoms with Crippen LogP contribution in [0.4, 0.5) is 20.5 Å². The number of piperidine rings is 2. The van der Waals surface area contributed by atoms with E-state index in [1.54, 1.807) is 0 Å². The summed E-state index contributed by atoms with van der Waals surface area (Å²) in [6.45, 7) is 4.34. The molecule has 2 aliphatic carbocycles. The highest BCUT2D eigenvalue weighted by Gasteiger charge is 2.57. The van der Waals surface area contributed by atoms with Crippen LogP contribution in [0, 0.1) is 17.8 Å². The molecular weight excluding hydrogens is 366 g/mol. The fraction of sp³-hybridized carbons (Fsp3) is 0.750. The predicted molar refractivity (Wildman–Crippen MR) is 99.8 cm³/mol. The minimum atomic E-state index is -2.89. The van der Waals surface area contributed by atoms with Crippen LogP contribution >= 0.6 is 0 Å². The lowest BCUT2D eigenvalue weighted by Crippen LogP contribution is -2.39. The van der Waals surface area contributed by atoms with E-state index in [0.29, 0.717) is 48.7 Å². The van der Waals surface area contributed by atoms with Crippen LogP contribution in [0.25, 0.3) is 0 Å². The van der Waals surface area contributed by atoms with Gasteiger partial charge in [0.1, 0.15) is 11.5 Å². The van der Waals surface area contributed by atoms with Crippen molar-refractivity contribution < 1.29 is 18.7 Å². The Morgan fingerprint density at radius 1 is 1.25 bits per heavy atom. The fourth-order valence-corrected chi connectivity index (χ4v) is 5.51. The molecule has 6 nitrogen and oxygen atoms in total. The maximum absolute atomic E-state index is 14.5. The van der Waals surface area contributed by atoms with Gasteiger partial charge in [-0.1, -0.05) is 0 Å². The van der Waals surface area contributed by atoms with Crippen molar-refractivity contribution in [3.63, 3.8) is 0 Å². The molecule has 3 fully saturated rings. The van der Waals surface area contributed by atoms with Gasteiger partial charge in [-0.15, -0.1) is 0 Å². The van der Waals surface area contributed by atoms with Crippen molar-refractivity contribution in [2.45, 2.75) is 57.4 Å². The van der Waals surface area contributed by atoms with Gasteiger partial charge in [0.05, 0.1) is 0 Å². The van der Waals surface area contributed by atoms with E-state index in [1.807, 2.05) is 0 Å². The first-order valence-corrected chi connectivity index (χ1v) is 10.4. The zero-order valence-electron chi connectivity index (χ0n) is 16.1. The molecular formula is C20H26F2N4O2. The molecule has 0 aromatic carbocycles. The maximum Gasteiger partial charge on any atom is 0.303 e. The minimum absolute atomic E-state index is 0.0899. The molecule has 2 aliphatic heterocycles. The van der Waals surface area contributed by atoms with E-state index in [1.165, 1.54) is 0 Å². The Hall–Kier alpha value is -1.99. The second kappa shape index (κ2) is 6.26.